The molecule has 0 unspecified atom stereocenters. The highest BCUT2D eigenvalue weighted by atomic mass is 35.5. The highest BCUT2D eigenvalue weighted by Gasteiger charge is 2.40. The molecular formula is C17H20Cl2N2O4. The van der Waals surface area contributed by atoms with Crippen molar-refractivity contribution < 1.29 is 19.1 Å². The molecule has 0 fully saturated rings. The predicted molar refractivity (Wildman–Crippen MR) is 95.7 cm³/mol. The van der Waals surface area contributed by atoms with Crippen molar-refractivity contribution in [3.05, 3.63) is 45.1 Å². The van der Waals surface area contributed by atoms with E-state index < -0.39 is 12.0 Å². The van der Waals surface area contributed by atoms with Crippen LogP contribution in [0.1, 0.15) is 18.5 Å². The first-order valence-corrected chi connectivity index (χ1v) is 8.38. The van der Waals surface area contributed by atoms with Gasteiger partial charge in [-0.3, -0.25) is 0 Å². The molecule has 1 heterocycles. The molecule has 1 aromatic rings. The summed E-state index contributed by atoms with van der Waals surface area (Å²) in [6.07, 6.45) is 0. The Bertz CT molecular complexity index is 721. The number of benzene rings is 1. The van der Waals surface area contributed by atoms with Gasteiger partial charge in [-0.05, 0) is 18.6 Å². The molecule has 2 amide bonds. The van der Waals surface area contributed by atoms with Gasteiger partial charge < -0.3 is 19.3 Å². The van der Waals surface area contributed by atoms with Crippen LogP contribution in [0.4, 0.5) is 4.79 Å². The second-order valence-corrected chi connectivity index (χ2v) is 6.41. The van der Waals surface area contributed by atoms with E-state index in [2.05, 4.69) is 0 Å². The summed E-state index contributed by atoms with van der Waals surface area (Å²) in [4.78, 5) is 28.0. The van der Waals surface area contributed by atoms with Crippen LogP contribution in [-0.2, 0) is 14.3 Å². The summed E-state index contributed by atoms with van der Waals surface area (Å²) in [6.45, 7) is 2.10. The van der Waals surface area contributed by atoms with Crippen LogP contribution >= 0.6 is 23.2 Å². The van der Waals surface area contributed by atoms with Crippen LogP contribution < -0.4 is 0 Å². The Morgan fingerprint density at radius 3 is 2.56 bits per heavy atom. The van der Waals surface area contributed by atoms with Gasteiger partial charge in [-0.15, -0.1) is 0 Å². The molecule has 6 nitrogen and oxygen atoms in total. The van der Waals surface area contributed by atoms with E-state index >= 15 is 0 Å². The maximum absolute atomic E-state index is 12.7. The van der Waals surface area contributed by atoms with E-state index in [0.29, 0.717) is 26.9 Å². The van der Waals surface area contributed by atoms with Crippen molar-refractivity contribution in [2.45, 2.75) is 13.0 Å². The first-order chi connectivity index (χ1) is 11.8. The summed E-state index contributed by atoms with van der Waals surface area (Å²) in [6, 6.07) is 4.17. The number of hydrogen-bond donors (Lipinski definition) is 0. The van der Waals surface area contributed by atoms with Gasteiger partial charge in [0.2, 0.25) is 0 Å². The number of likely N-dealkylation sites (N-methyl/N-ethyl adjacent to an activating group) is 1. The molecule has 8 heteroatoms. The average molecular weight is 387 g/mol. The molecular weight excluding hydrogens is 367 g/mol. The van der Waals surface area contributed by atoms with Crippen LogP contribution in [0.15, 0.2) is 29.5 Å². The maximum atomic E-state index is 12.7. The maximum Gasteiger partial charge on any atom is 0.338 e. The van der Waals surface area contributed by atoms with E-state index in [1.165, 1.54) is 16.9 Å². The number of hydrogen-bond acceptors (Lipinski definition) is 4. The third-order valence-corrected chi connectivity index (χ3v) is 4.99. The van der Waals surface area contributed by atoms with Crippen molar-refractivity contribution in [2.75, 3.05) is 34.4 Å². The molecule has 1 aliphatic rings. The fourth-order valence-corrected chi connectivity index (χ4v) is 3.12. The SMILES string of the molecule is COCCOC(=O)C1=C(C)N(C)C(=O)N(C)[C@@H]1c1cccc(Cl)c1Cl. The van der Waals surface area contributed by atoms with E-state index in [4.69, 9.17) is 32.7 Å². The Kier molecular flexibility index (Phi) is 6.32. The molecule has 0 aliphatic carbocycles. The second kappa shape index (κ2) is 8.08. The van der Waals surface area contributed by atoms with Crippen LogP contribution in [0.25, 0.3) is 0 Å². The zero-order chi connectivity index (χ0) is 18.7. The number of methoxy groups -OCH3 is 1. The minimum Gasteiger partial charge on any atom is -0.460 e. The molecule has 25 heavy (non-hydrogen) atoms. The molecule has 0 radical (unpaired) electrons. The van der Waals surface area contributed by atoms with Crippen LogP contribution in [0.2, 0.25) is 10.0 Å². The number of amides is 2. The molecule has 0 N–H and O–H groups in total. The zero-order valence-corrected chi connectivity index (χ0v) is 16.0. The highest BCUT2D eigenvalue weighted by molar-refractivity contribution is 6.42. The highest BCUT2D eigenvalue weighted by Crippen LogP contribution is 2.40. The van der Waals surface area contributed by atoms with Crippen molar-refractivity contribution >= 4 is 35.2 Å². The first-order valence-electron chi connectivity index (χ1n) is 7.62. The number of carbonyl (C=O) groups is 2. The molecule has 0 saturated carbocycles. The lowest BCUT2D eigenvalue weighted by molar-refractivity contribution is -0.141. The van der Waals surface area contributed by atoms with Crippen molar-refractivity contribution in [2.24, 2.45) is 0 Å². The zero-order valence-electron chi connectivity index (χ0n) is 14.5. The summed E-state index contributed by atoms with van der Waals surface area (Å²) < 4.78 is 10.2. The van der Waals surface area contributed by atoms with Crippen molar-refractivity contribution in [1.29, 1.82) is 0 Å². The Morgan fingerprint density at radius 2 is 1.92 bits per heavy atom. The fourth-order valence-electron chi connectivity index (χ4n) is 2.71. The second-order valence-electron chi connectivity index (χ2n) is 5.63. The van der Waals surface area contributed by atoms with Gasteiger partial charge in [0.25, 0.3) is 0 Å². The number of carbonyl (C=O) groups excluding carboxylic acids is 2. The van der Waals surface area contributed by atoms with E-state index in [1.54, 1.807) is 39.2 Å². The lowest BCUT2D eigenvalue weighted by Gasteiger charge is -2.39. The number of allylic oxidation sites excluding steroid dienone is 1. The van der Waals surface area contributed by atoms with Gasteiger partial charge in [0.05, 0.1) is 28.3 Å². The normalized spacial score (nSPS) is 18.0. The third kappa shape index (κ3) is 3.76. The van der Waals surface area contributed by atoms with Gasteiger partial charge in [0.15, 0.2) is 0 Å². The average Bonchev–Trinajstić information content (AvgIpc) is 2.59. The van der Waals surface area contributed by atoms with Crippen molar-refractivity contribution in [3.63, 3.8) is 0 Å². The molecule has 0 saturated heterocycles. The van der Waals surface area contributed by atoms with Gasteiger partial charge in [0, 0.05) is 26.9 Å². The van der Waals surface area contributed by atoms with Crippen LogP contribution in [0, 0.1) is 0 Å². The van der Waals surface area contributed by atoms with Crippen LogP contribution in [-0.4, -0.2) is 56.2 Å². The molecule has 1 aromatic carbocycles. The molecule has 0 spiro atoms. The third-order valence-electron chi connectivity index (χ3n) is 4.16. The summed E-state index contributed by atoms with van der Waals surface area (Å²) in [5.74, 6) is -0.526. The number of ether oxygens (including phenoxy) is 2. The van der Waals surface area contributed by atoms with Gasteiger partial charge in [-0.1, -0.05) is 35.3 Å². The van der Waals surface area contributed by atoms with E-state index in [1.807, 2.05) is 0 Å². The Balaban J connectivity index is 2.54. The number of nitrogens with zero attached hydrogens (tertiary/aromatic N) is 2. The molecule has 1 atom stereocenters. The molecule has 1 aliphatic heterocycles. The van der Waals surface area contributed by atoms with E-state index in [0.717, 1.165) is 0 Å². The van der Waals surface area contributed by atoms with Gasteiger partial charge in [-0.25, -0.2) is 9.59 Å². The largest absolute Gasteiger partial charge is 0.460 e. The number of urea groups is 1. The van der Waals surface area contributed by atoms with Crippen LogP contribution in [0.5, 0.6) is 0 Å². The predicted octanol–water partition coefficient (Wildman–Crippen LogP) is 3.50. The smallest absolute Gasteiger partial charge is 0.338 e. The van der Waals surface area contributed by atoms with Crippen molar-refractivity contribution in [1.82, 2.24) is 9.80 Å². The standard InChI is InChI=1S/C17H20Cl2N2O4/c1-10-13(16(22)25-9-8-24-4)15(21(3)17(23)20(10)2)11-6-5-7-12(18)14(11)19/h5-7,15H,8-9H2,1-4H3/t15-/m1/s1. The minimum atomic E-state index is -0.690. The van der Waals surface area contributed by atoms with E-state index in [-0.39, 0.29) is 19.2 Å². The Morgan fingerprint density at radius 1 is 1.24 bits per heavy atom. The van der Waals surface area contributed by atoms with Gasteiger partial charge in [0.1, 0.15) is 6.61 Å². The lowest BCUT2D eigenvalue weighted by atomic mass is 9.93. The van der Waals surface area contributed by atoms with Crippen molar-refractivity contribution in [3.8, 4) is 0 Å². The monoisotopic (exact) mass is 386 g/mol. The number of rotatable bonds is 5. The van der Waals surface area contributed by atoms with Gasteiger partial charge in [-0.2, -0.15) is 0 Å². The molecule has 0 aromatic heterocycles. The number of esters is 1. The van der Waals surface area contributed by atoms with E-state index in [9.17, 15) is 9.59 Å². The summed E-state index contributed by atoms with van der Waals surface area (Å²) in [7, 11) is 4.73. The summed E-state index contributed by atoms with van der Waals surface area (Å²) in [5.41, 5.74) is 1.41. The lowest BCUT2D eigenvalue weighted by Crippen LogP contribution is -2.47. The van der Waals surface area contributed by atoms with Gasteiger partial charge >= 0.3 is 12.0 Å². The minimum absolute atomic E-state index is 0.115. The molecule has 0 bridgehead atoms. The quantitative estimate of drug-likeness (QED) is 0.573. The molecule has 2 rings (SSSR count). The molecule has 136 valence electrons. The first kappa shape index (κ1) is 19.6. The summed E-state index contributed by atoms with van der Waals surface area (Å²) in [5, 5.41) is 0.650. The fraction of sp³-hybridized carbons (Fsp3) is 0.412. The Hall–Kier alpha value is -1.76. The Labute approximate surface area is 156 Å². The topological polar surface area (TPSA) is 59.1 Å². The summed E-state index contributed by atoms with van der Waals surface area (Å²) >= 11 is 12.5. The number of halogens is 2. The van der Waals surface area contributed by atoms with Crippen LogP contribution in [0.3, 0.4) is 0 Å².